The second-order valence-electron chi connectivity index (χ2n) is 7.12. The van der Waals surface area contributed by atoms with Gasteiger partial charge in [0.1, 0.15) is 12.0 Å². The molecule has 0 aromatic rings. The molecular formula is C16H30O6. The lowest BCUT2D eigenvalue weighted by Gasteiger charge is -2.35. The Morgan fingerprint density at radius 2 is 1.64 bits per heavy atom. The van der Waals surface area contributed by atoms with E-state index in [4.69, 9.17) is 24.3 Å². The maximum absolute atomic E-state index is 11.8. The van der Waals surface area contributed by atoms with Crippen LogP contribution in [0.1, 0.15) is 67.7 Å². The van der Waals surface area contributed by atoms with E-state index in [1.54, 1.807) is 13.8 Å². The molecule has 6 heteroatoms. The lowest BCUT2D eigenvalue weighted by molar-refractivity contribution is -0.531. The first-order chi connectivity index (χ1) is 10.0. The minimum atomic E-state index is -1.36. The average Bonchev–Trinajstić information content (AvgIpc) is 2.43. The summed E-state index contributed by atoms with van der Waals surface area (Å²) in [5, 5.41) is 0. The Morgan fingerprint density at radius 3 is 2.18 bits per heavy atom. The molecule has 0 aromatic heterocycles. The number of carbonyl (C=O) groups excluding carboxylic acids is 1. The Hall–Kier alpha value is -0.690. The first-order valence-electron chi connectivity index (χ1n) is 7.93. The second-order valence-corrected chi connectivity index (χ2v) is 7.12. The van der Waals surface area contributed by atoms with Gasteiger partial charge >= 0.3 is 5.97 Å². The summed E-state index contributed by atoms with van der Waals surface area (Å²) in [5.41, 5.74) is -1.05. The maximum Gasteiger partial charge on any atom is 0.311 e. The molecule has 0 aliphatic carbocycles. The predicted molar refractivity (Wildman–Crippen MR) is 80.6 cm³/mol. The molecule has 1 fully saturated rings. The molecule has 1 heterocycles. The molecule has 1 saturated heterocycles. The summed E-state index contributed by atoms with van der Waals surface area (Å²) >= 11 is 0. The van der Waals surface area contributed by atoms with E-state index >= 15 is 0 Å². The monoisotopic (exact) mass is 318 g/mol. The van der Waals surface area contributed by atoms with E-state index in [2.05, 4.69) is 6.92 Å². The molecule has 130 valence electrons. The molecule has 2 unspecified atom stereocenters. The maximum atomic E-state index is 11.8. The molecular weight excluding hydrogens is 288 g/mol. The van der Waals surface area contributed by atoms with Crippen molar-refractivity contribution in [3.8, 4) is 0 Å². The van der Waals surface area contributed by atoms with Crippen LogP contribution in [-0.4, -0.2) is 29.6 Å². The van der Waals surface area contributed by atoms with E-state index in [0.717, 1.165) is 12.8 Å². The molecule has 1 aliphatic heterocycles. The number of ether oxygens (including phenoxy) is 1. The Kier molecular flexibility index (Phi) is 6.38. The quantitative estimate of drug-likeness (QED) is 0.583. The lowest BCUT2D eigenvalue weighted by Crippen LogP contribution is -2.40. The Labute approximate surface area is 133 Å². The van der Waals surface area contributed by atoms with Crippen molar-refractivity contribution in [2.45, 2.75) is 84.7 Å². The molecule has 0 bridgehead atoms. The zero-order chi connectivity index (χ0) is 17.0. The lowest BCUT2D eigenvalue weighted by atomic mass is 9.81. The topological polar surface area (TPSA) is 63.2 Å². The number of hydrogen-bond donors (Lipinski definition) is 0. The van der Waals surface area contributed by atoms with Gasteiger partial charge in [-0.3, -0.25) is 4.79 Å². The van der Waals surface area contributed by atoms with E-state index in [1.165, 1.54) is 0 Å². The van der Waals surface area contributed by atoms with Crippen LogP contribution >= 0.6 is 0 Å². The molecule has 0 N–H and O–H groups in total. The molecule has 1 rings (SSSR count). The number of hydrogen-bond acceptors (Lipinski definition) is 6. The largest absolute Gasteiger partial charge is 0.466 e. The van der Waals surface area contributed by atoms with Crippen molar-refractivity contribution in [3.05, 3.63) is 0 Å². The van der Waals surface area contributed by atoms with E-state index in [1.807, 2.05) is 27.7 Å². The second kappa shape index (κ2) is 7.25. The Balaban J connectivity index is 2.94. The van der Waals surface area contributed by atoms with Crippen molar-refractivity contribution in [1.29, 1.82) is 0 Å². The fraction of sp³-hybridized carbons (Fsp3) is 0.938. The van der Waals surface area contributed by atoms with E-state index < -0.39 is 23.0 Å². The molecule has 2 atom stereocenters. The van der Waals surface area contributed by atoms with Gasteiger partial charge in [0.25, 0.3) is 0 Å². The summed E-state index contributed by atoms with van der Waals surface area (Å²) in [4.78, 5) is 33.8. The molecule has 6 nitrogen and oxygen atoms in total. The number of rotatable bonds is 4. The zero-order valence-corrected chi connectivity index (χ0v) is 14.9. The highest BCUT2D eigenvalue weighted by Crippen LogP contribution is 2.37. The highest BCUT2D eigenvalue weighted by atomic mass is 17.3. The van der Waals surface area contributed by atoms with Gasteiger partial charge in [-0.05, 0) is 53.9 Å². The first kappa shape index (κ1) is 19.4. The molecule has 0 radical (unpaired) electrons. The van der Waals surface area contributed by atoms with Crippen LogP contribution in [0.2, 0.25) is 0 Å². The summed E-state index contributed by atoms with van der Waals surface area (Å²) in [5.74, 6) is -1.57. The average molecular weight is 318 g/mol. The normalized spacial score (nSPS) is 31.7. The summed E-state index contributed by atoms with van der Waals surface area (Å²) < 4.78 is 4.95. The summed E-state index contributed by atoms with van der Waals surface area (Å²) in [6.45, 7) is 13.6. The van der Waals surface area contributed by atoms with E-state index in [0.29, 0.717) is 6.61 Å². The van der Waals surface area contributed by atoms with Crippen LogP contribution in [0.5, 0.6) is 0 Å². The van der Waals surface area contributed by atoms with Crippen LogP contribution in [0.25, 0.3) is 0 Å². The first-order valence-corrected chi connectivity index (χ1v) is 7.93. The van der Waals surface area contributed by atoms with Gasteiger partial charge in [-0.1, -0.05) is 13.3 Å². The van der Waals surface area contributed by atoms with Gasteiger partial charge in [0, 0.05) is 0 Å². The van der Waals surface area contributed by atoms with Gasteiger partial charge in [-0.25, -0.2) is 9.78 Å². The van der Waals surface area contributed by atoms with Crippen LogP contribution in [0.3, 0.4) is 0 Å². The molecule has 0 aromatic carbocycles. The van der Waals surface area contributed by atoms with Crippen molar-refractivity contribution in [2.24, 2.45) is 5.92 Å². The summed E-state index contributed by atoms with van der Waals surface area (Å²) in [6, 6.07) is 0. The van der Waals surface area contributed by atoms with Crippen LogP contribution in [0.4, 0.5) is 0 Å². The molecule has 1 aliphatic rings. The van der Waals surface area contributed by atoms with Gasteiger partial charge in [0.15, 0.2) is 0 Å². The van der Waals surface area contributed by atoms with Gasteiger partial charge < -0.3 is 4.74 Å². The third-order valence-electron chi connectivity index (χ3n) is 3.86. The van der Waals surface area contributed by atoms with Crippen molar-refractivity contribution >= 4 is 5.97 Å². The number of carbonyl (C=O) groups is 1. The molecule has 0 spiro atoms. The van der Waals surface area contributed by atoms with Gasteiger partial charge in [0.05, 0.1) is 12.2 Å². The highest BCUT2D eigenvalue weighted by Gasteiger charge is 2.44. The van der Waals surface area contributed by atoms with Gasteiger partial charge in [-0.2, -0.15) is 9.78 Å². The Morgan fingerprint density at radius 1 is 1.05 bits per heavy atom. The minimum Gasteiger partial charge on any atom is -0.466 e. The standard InChI is InChI=1S/C16H30O6/c1-8-12-10-14(3,4)19-21-16(7,11-13(17)18-9-2)22-20-15(12,5)6/h12H,8-11H2,1-7H3. The highest BCUT2D eigenvalue weighted by molar-refractivity contribution is 5.70. The fourth-order valence-electron chi connectivity index (χ4n) is 2.52. The minimum absolute atomic E-state index is 0.121. The van der Waals surface area contributed by atoms with Gasteiger partial charge in [-0.15, -0.1) is 0 Å². The van der Waals surface area contributed by atoms with Crippen LogP contribution in [0.15, 0.2) is 0 Å². The van der Waals surface area contributed by atoms with Crippen LogP contribution in [-0.2, 0) is 29.1 Å². The predicted octanol–water partition coefficient (Wildman–Crippen LogP) is 3.54. The number of esters is 1. The van der Waals surface area contributed by atoms with Crippen molar-refractivity contribution in [2.75, 3.05) is 6.61 Å². The summed E-state index contributed by atoms with van der Waals surface area (Å²) in [6.07, 6.45) is 1.54. The fourth-order valence-corrected chi connectivity index (χ4v) is 2.52. The zero-order valence-electron chi connectivity index (χ0n) is 14.9. The van der Waals surface area contributed by atoms with E-state index in [9.17, 15) is 4.79 Å². The van der Waals surface area contributed by atoms with Crippen LogP contribution < -0.4 is 0 Å². The third-order valence-corrected chi connectivity index (χ3v) is 3.86. The van der Waals surface area contributed by atoms with Crippen LogP contribution in [0, 0.1) is 5.92 Å². The molecule has 0 saturated carbocycles. The molecule has 0 amide bonds. The van der Waals surface area contributed by atoms with Crippen molar-refractivity contribution < 1.29 is 29.1 Å². The molecule has 22 heavy (non-hydrogen) atoms. The third kappa shape index (κ3) is 5.50. The summed E-state index contributed by atoms with van der Waals surface area (Å²) in [7, 11) is 0. The smallest absolute Gasteiger partial charge is 0.311 e. The Bertz CT molecular complexity index is 379. The van der Waals surface area contributed by atoms with Crippen molar-refractivity contribution in [1.82, 2.24) is 0 Å². The van der Waals surface area contributed by atoms with E-state index in [-0.39, 0.29) is 12.3 Å². The SMILES string of the molecule is CCOC(=O)CC1(C)OOC(C)(C)CC(CC)C(C)(C)OO1. The van der Waals surface area contributed by atoms with Crippen molar-refractivity contribution in [3.63, 3.8) is 0 Å². The van der Waals surface area contributed by atoms with Gasteiger partial charge in [0.2, 0.25) is 5.79 Å².